The fourth-order valence-electron chi connectivity index (χ4n) is 3.49. The lowest BCUT2D eigenvalue weighted by atomic mass is 10.1. The molecule has 0 bridgehead atoms. The Labute approximate surface area is 171 Å². The van der Waals surface area contributed by atoms with Gasteiger partial charge in [-0.3, -0.25) is 9.59 Å². The molecule has 1 atom stereocenters. The van der Waals surface area contributed by atoms with Crippen LogP contribution in [-0.4, -0.2) is 43.0 Å². The minimum atomic E-state index is -0.368. The molecule has 1 aliphatic rings. The second kappa shape index (κ2) is 9.45. The van der Waals surface area contributed by atoms with Crippen LogP contribution < -0.4 is 14.8 Å². The van der Waals surface area contributed by atoms with E-state index in [4.69, 9.17) is 9.47 Å². The highest BCUT2D eigenvalue weighted by atomic mass is 16.5. The number of carbonyl (C=O) groups excluding carboxylic acids is 2. The SMILES string of the molecule is COc1ccccc1CCN1CC(C(=O)Nc2ccccc2OC(C)C)CC1=O. The molecule has 0 saturated carbocycles. The van der Waals surface area contributed by atoms with Crippen molar-refractivity contribution in [2.24, 2.45) is 5.92 Å². The number of benzene rings is 2. The number of methoxy groups -OCH3 is 1. The Morgan fingerprint density at radius 1 is 1.14 bits per heavy atom. The summed E-state index contributed by atoms with van der Waals surface area (Å²) in [5.41, 5.74) is 1.68. The minimum Gasteiger partial charge on any atom is -0.496 e. The highest BCUT2D eigenvalue weighted by Gasteiger charge is 2.34. The van der Waals surface area contributed by atoms with E-state index < -0.39 is 0 Å². The second-order valence-corrected chi connectivity index (χ2v) is 7.45. The number of para-hydroxylation sites is 3. The number of ether oxygens (including phenoxy) is 2. The predicted molar refractivity (Wildman–Crippen MR) is 112 cm³/mol. The molecule has 2 aromatic rings. The summed E-state index contributed by atoms with van der Waals surface area (Å²) in [6, 6.07) is 15.1. The topological polar surface area (TPSA) is 67.9 Å². The third-order valence-electron chi connectivity index (χ3n) is 4.94. The fraction of sp³-hybridized carbons (Fsp3) is 0.391. The molecule has 0 aromatic heterocycles. The van der Waals surface area contributed by atoms with E-state index >= 15 is 0 Å². The number of nitrogens with one attached hydrogen (secondary N) is 1. The van der Waals surface area contributed by atoms with Crippen molar-refractivity contribution in [3.05, 3.63) is 54.1 Å². The van der Waals surface area contributed by atoms with Gasteiger partial charge in [-0.15, -0.1) is 0 Å². The smallest absolute Gasteiger partial charge is 0.229 e. The summed E-state index contributed by atoms with van der Waals surface area (Å²) in [6.07, 6.45) is 0.923. The number of likely N-dealkylation sites (tertiary alicyclic amines) is 1. The maximum atomic E-state index is 12.8. The van der Waals surface area contributed by atoms with Crippen LogP contribution in [0.2, 0.25) is 0 Å². The fourth-order valence-corrected chi connectivity index (χ4v) is 3.49. The van der Waals surface area contributed by atoms with Crippen LogP contribution in [0, 0.1) is 5.92 Å². The standard InChI is InChI=1S/C23H28N2O4/c1-16(2)29-21-11-7-5-9-19(21)24-23(27)18-14-22(26)25(15-18)13-12-17-8-4-6-10-20(17)28-3/h4-11,16,18H,12-15H2,1-3H3,(H,24,27). The zero-order valence-electron chi connectivity index (χ0n) is 17.2. The molecule has 154 valence electrons. The number of hydrogen-bond donors (Lipinski definition) is 1. The van der Waals surface area contributed by atoms with Gasteiger partial charge in [-0.2, -0.15) is 0 Å². The van der Waals surface area contributed by atoms with Gasteiger partial charge < -0.3 is 19.7 Å². The third kappa shape index (κ3) is 5.28. The minimum absolute atomic E-state index is 0.00609. The van der Waals surface area contributed by atoms with Gasteiger partial charge in [0.25, 0.3) is 0 Å². The Morgan fingerprint density at radius 3 is 2.55 bits per heavy atom. The van der Waals surface area contributed by atoms with Crippen LogP contribution in [-0.2, 0) is 16.0 Å². The first-order valence-electron chi connectivity index (χ1n) is 9.94. The molecule has 6 nitrogen and oxygen atoms in total. The van der Waals surface area contributed by atoms with Gasteiger partial charge in [-0.25, -0.2) is 0 Å². The monoisotopic (exact) mass is 396 g/mol. The molecular weight excluding hydrogens is 368 g/mol. The van der Waals surface area contributed by atoms with E-state index in [1.165, 1.54) is 0 Å². The van der Waals surface area contributed by atoms with Crippen LogP contribution >= 0.6 is 0 Å². The molecule has 0 radical (unpaired) electrons. The number of hydrogen-bond acceptors (Lipinski definition) is 4. The first kappa shape index (κ1) is 20.7. The summed E-state index contributed by atoms with van der Waals surface area (Å²) in [5.74, 6) is 0.931. The molecule has 1 unspecified atom stereocenters. The molecule has 3 rings (SSSR count). The summed E-state index contributed by atoms with van der Waals surface area (Å²) in [6.45, 7) is 4.87. The van der Waals surface area contributed by atoms with Gasteiger partial charge in [0.15, 0.2) is 0 Å². The Bertz CT molecular complexity index is 865. The maximum Gasteiger partial charge on any atom is 0.229 e. The molecule has 1 aliphatic heterocycles. The third-order valence-corrected chi connectivity index (χ3v) is 4.94. The van der Waals surface area contributed by atoms with Gasteiger partial charge in [0.2, 0.25) is 11.8 Å². The molecule has 2 aromatic carbocycles. The lowest BCUT2D eigenvalue weighted by Gasteiger charge is -2.18. The van der Waals surface area contributed by atoms with Crippen LogP contribution in [0.25, 0.3) is 0 Å². The number of carbonyl (C=O) groups is 2. The Balaban J connectivity index is 1.59. The largest absolute Gasteiger partial charge is 0.496 e. The highest BCUT2D eigenvalue weighted by Crippen LogP contribution is 2.27. The molecule has 1 N–H and O–H groups in total. The Morgan fingerprint density at radius 2 is 1.83 bits per heavy atom. The lowest BCUT2D eigenvalue weighted by Crippen LogP contribution is -2.30. The molecule has 0 spiro atoms. The van der Waals surface area contributed by atoms with Gasteiger partial charge in [0.05, 0.1) is 24.8 Å². The van der Waals surface area contributed by atoms with Crippen LogP contribution in [0.3, 0.4) is 0 Å². The van der Waals surface area contributed by atoms with E-state index in [2.05, 4.69) is 5.32 Å². The molecule has 2 amide bonds. The van der Waals surface area contributed by atoms with E-state index in [1.807, 2.05) is 62.4 Å². The summed E-state index contributed by atoms with van der Waals surface area (Å²) >= 11 is 0. The predicted octanol–water partition coefficient (Wildman–Crippen LogP) is 3.51. The van der Waals surface area contributed by atoms with Crippen molar-refractivity contribution < 1.29 is 19.1 Å². The normalized spacial score (nSPS) is 16.2. The first-order chi connectivity index (χ1) is 14.0. The number of rotatable bonds is 8. The number of nitrogens with zero attached hydrogens (tertiary/aromatic N) is 1. The summed E-state index contributed by atoms with van der Waals surface area (Å²) in [4.78, 5) is 26.9. The molecular formula is C23H28N2O4. The van der Waals surface area contributed by atoms with Gasteiger partial charge >= 0.3 is 0 Å². The van der Waals surface area contributed by atoms with Crippen molar-refractivity contribution >= 4 is 17.5 Å². The van der Waals surface area contributed by atoms with Crippen molar-refractivity contribution in [3.8, 4) is 11.5 Å². The summed E-state index contributed by atoms with van der Waals surface area (Å²) < 4.78 is 11.1. The van der Waals surface area contributed by atoms with Crippen molar-refractivity contribution in [2.75, 3.05) is 25.5 Å². The zero-order chi connectivity index (χ0) is 20.8. The van der Waals surface area contributed by atoms with Crippen LogP contribution in [0.15, 0.2) is 48.5 Å². The first-order valence-corrected chi connectivity index (χ1v) is 9.94. The van der Waals surface area contributed by atoms with Crippen LogP contribution in [0.1, 0.15) is 25.8 Å². The molecule has 6 heteroatoms. The van der Waals surface area contributed by atoms with E-state index in [-0.39, 0.29) is 30.3 Å². The summed E-state index contributed by atoms with van der Waals surface area (Å²) in [7, 11) is 1.64. The van der Waals surface area contributed by atoms with Gasteiger partial charge in [-0.1, -0.05) is 30.3 Å². The Hall–Kier alpha value is -3.02. The van der Waals surface area contributed by atoms with E-state index in [0.29, 0.717) is 30.9 Å². The molecule has 1 heterocycles. The molecule has 1 fully saturated rings. The molecule has 1 saturated heterocycles. The average Bonchev–Trinajstić information content (AvgIpc) is 3.08. The summed E-state index contributed by atoms with van der Waals surface area (Å²) in [5, 5.41) is 2.93. The van der Waals surface area contributed by atoms with E-state index in [0.717, 1.165) is 11.3 Å². The maximum absolute atomic E-state index is 12.8. The molecule has 0 aliphatic carbocycles. The van der Waals surface area contributed by atoms with Crippen molar-refractivity contribution in [1.82, 2.24) is 4.90 Å². The van der Waals surface area contributed by atoms with E-state index in [1.54, 1.807) is 12.0 Å². The lowest BCUT2D eigenvalue weighted by molar-refractivity contribution is -0.128. The van der Waals surface area contributed by atoms with Gasteiger partial charge in [0, 0.05) is 19.5 Å². The molecule has 29 heavy (non-hydrogen) atoms. The van der Waals surface area contributed by atoms with Crippen molar-refractivity contribution in [1.29, 1.82) is 0 Å². The number of anilines is 1. The number of amides is 2. The van der Waals surface area contributed by atoms with Gasteiger partial charge in [-0.05, 0) is 44.0 Å². The highest BCUT2D eigenvalue weighted by molar-refractivity contribution is 5.98. The van der Waals surface area contributed by atoms with Gasteiger partial charge in [0.1, 0.15) is 11.5 Å². The van der Waals surface area contributed by atoms with Crippen LogP contribution in [0.4, 0.5) is 5.69 Å². The quantitative estimate of drug-likeness (QED) is 0.741. The average molecular weight is 396 g/mol. The van der Waals surface area contributed by atoms with E-state index in [9.17, 15) is 9.59 Å². The Kier molecular flexibility index (Phi) is 6.75. The van der Waals surface area contributed by atoms with Crippen molar-refractivity contribution in [2.45, 2.75) is 32.8 Å². The second-order valence-electron chi connectivity index (χ2n) is 7.45. The zero-order valence-corrected chi connectivity index (χ0v) is 17.2. The van der Waals surface area contributed by atoms with Crippen molar-refractivity contribution in [3.63, 3.8) is 0 Å². The van der Waals surface area contributed by atoms with Crippen LogP contribution in [0.5, 0.6) is 11.5 Å².